The van der Waals surface area contributed by atoms with E-state index in [2.05, 4.69) is 376 Å². The maximum atomic E-state index is 13.0. The second-order valence-corrected chi connectivity index (χ2v) is 31.2. The van der Waals surface area contributed by atoms with Crippen molar-refractivity contribution in [3.63, 3.8) is 0 Å². The van der Waals surface area contributed by atoms with Crippen LogP contribution in [0.25, 0.3) is 43.6 Å². The molecule has 0 saturated heterocycles. The van der Waals surface area contributed by atoms with Gasteiger partial charge in [0.05, 0.1) is 49.0 Å². The average Bonchev–Trinajstić information content (AvgIpc) is 1.66. The highest BCUT2D eigenvalue weighted by Gasteiger charge is 2.15. The van der Waals surface area contributed by atoms with E-state index < -0.39 is 0 Å². The molecule has 4 N–H and O–H groups in total. The summed E-state index contributed by atoms with van der Waals surface area (Å²) in [4.78, 5) is 0. The van der Waals surface area contributed by atoms with E-state index in [4.69, 9.17) is 11.6 Å². The molecule has 12 aromatic carbocycles. The van der Waals surface area contributed by atoms with Crippen LogP contribution in [0.5, 0.6) is 0 Å². The van der Waals surface area contributed by atoms with Crippen LogP contribution in [0.3, 0.4) is 0 Å². The van der Waals surface area contributed by atoms with Crippen molar-refractivity contribution < 1.29 is 4.39 Å². The summed E-state index contributed by atoms with van der Waals surface area (Å²) in [6.45, 7) is 16.8. The van der Waals surface area contributed by atoms with Crippen LogP contribution < -0.4 is 21.3 Å². The summed E-state index contributed by atoms with van der Waals surface area (Å²) in [5, 5.41) is 19.3. The summed E-state index contributed by atoms with van der Waals surface area (Å²) in [5.74, 6) is 26.3. The maximum Gasteiger partial charge on any atom is 0.123 e. The standard InChI is InChI=1S/C29H30N2.C28H27ClN2.C28H27FN2.C28H28N2/c1-3-31-27(15-9-21-30-26-19-17-23(2)18-20-26)22-28-25(14-8-16-29(28)31)13-7-12-24-10-5-4-6-11-24;2*1-2-31-26(14-8-20-30-25-18-16-24(29)17-19-25)21-27-23(13-7-15-28(27)31)12-6-11-22-9-4-3-5-10-22;1-2-30-26(19-11-21-29-25-17-7-4-8-18-25)22-27-24(16-10-20-28(27)30)15-9-14-23-12-5-3-6-13-23/h4-6,8,10-11,14,16-20,22,30H,3,7,12-13,21H2,1-2H3;2*3-5,7,9-10,13,15-19,21,30H,2,6,11-12,20H2,1H3;3-8,10,12-13,16-18,20,22,29H,2,9,14-15,21H2,1H3. The Kier molecular flexibility index (Phi) is 32.9. The zero-order valence-corrected chi connectivity index (χ0v) is 72.5. The molecule has 618 valence electrons. The number of nitrogens with zero attached hydrogens (tertiary/aromatic N) is 4. The van der Waals surface area contributed by atoms with Crippen LogP contribution in [0.2, 0.25) is 5.02 Å². The lowest BCUT2D eigenvalue weighted by atomic mass is 10.0. The van der Waals surface area contributed by atoms with Gasteiger partial charge in [-0.2, -0.15) is 0 Å². The lowest BCUT2D eigenvalue weighted by Crippen LogP contribution is -2.00. The Morgan fingerprint density at radius 3 is 0.780 bits per heavy atom. The number of nitrogens with one attached hydrogen (secondary N) is 4. The van der Waals surface area contributed by atoms with E-state index in [9.17, 15) is 4.39 Å². The molecule has 0 bridgehead atoms. The Bertz CT molecular complexity index is 5810. The Morgan fingerprint density at radius 1 is 0.268 bits per heavy atom. The number of para-hydroxylation sites is 1. The van der Waals surface area contributed by atoms with E-state index >= 15 is 0 Å². The van der Waals surface area contributed by atoms with Crippen LogP contribution in [-0.2, 0) is 77.5 Å². The van der Waals surface area contributed by atoms with E-state index in [0.29, 0.717) is 26.2 Å². The molecule has 10 heteroatoms. The minimum Gasteiger partial charge on any atom is -0.374 e. The smallest absolute Gasteiger partial charge is 0.123 e. The molecule has 16 aromatic rings. The third-order valence-corrected chi connectivity index (χ3v) is 22.6. The third kappa shape index (κ3) is 25.3. The topological polar surface area (TPSA) is 67.8 Å². The molecule has 0 atom stereocenters. The van der Waals surface area contributed by atoms with E-state index in [1.807, 2.05) is 42.5 Å². The molecule has 0 aliphatic carbocycles. The molecule has 0 unspecified atom stereocenters. The van der Waals surface area contributed by atoms with E-state index in [1.54, 1.807) is 12.1 Å². The third-order valence-electron chi connectivity index (χ3n) is 22.3. The molecule has 0 radical (unpaired) electrons. The summed E-state index contributed by atoms with van der Waals surface area (Å²) < 4.78 is 22.3. The van der Waals surface area contributed by atoms with Crippen LogP contribution in [0, 0.1) is 60.1 Å². The summed E-state index contributed by atoms with van der Waals surface area (Å²) in [6.07, 6.45) is 13.3. The second-order valence-electron chi connectivity index (χ2n) is 30.7. The first-order valence-electron chi connectivity index (χ1n) is 43.7. The first-order valence-corrected chi connectivity index (χ1v) is 44.1. The Labute approximate surface area is 733 Å². The highest BCUT2D eigenvalue weighted by molar-refractivity contribution is 6.30. The van der Waals surface area contributed by atoms with Gasteiger partial charge in [0.2, 0.25) is 0 Å². The number of rotatable bonds is 28. The van der Waals surface area contributed by atoms with Gasteiger partial charge >= 0.3 is 0 Å². The Balaban J connectivity index is 0.000000141. The van der Waals surface area contributed by atoms with Crippen molar-refractivity contribution in [3.8, 4) is 47.4 Å². The normalized spacial score (nSPS) is 10.6. The van der Waals surface area contributed by atoms with E-state index in [0.717, 1.165) is 154 Å². The van der Waals surface area contributed by atoms with Gasteiger partial charge in [-0.25, -0.2) is 4.39 Å². The SMILES string of the molecule is CCn1c(C#CCNc2ccc(C)cc2)cc2c(CCCc3ccccc3)cccc21.CCn1c(C#CCNc2ccc(Cl)cc2)cc2c(CCCc3ccccc3)cccc21.CCn1c(C#CCNc2ccc(F)cc2)cc2c(CCCc3ccccc3)cccc21.CCn1c(C#CCNc2ccccc2)cc2c(CCCc3ccccc3)cccc21. The fourth-order valence-electron chi connectivity index (χ4n) is 16.0. The largest absolute Gasteiger partial charge is 0.374 e. The lowest BCUT2D eigenvalue weighted by molar-refractivity contribution is 0.628. The second kappa shape index (κ2) is 46.3. The van der Waals surface area contributed by atoms with Crippen molar-refractivity contribution in [2.45, 2.75) is 138 Å². The number of benzene rings is 12. The molecule has 0 fully saturated rings. The molecule has 4 heterocycles. The summed E-state index contributed by atoms with van der Waals surface area (Å²) in [6, 6.07) is 111. The predicted octanol–water partition coefficient (Wildman–Crippen LogP) is 26.3. The Hall–Kier alpha value is -13.5. The van der Waals surface area contributed by atoms with Gasteiger partial charge in [-0.1, -0.05) is 241 Å². The molecule has 0 amide bonds. The zero-order chi connectivity index (χ0) is 85.0. The fraction of sp³-hybridized carbons (Fsp3) is 0.221. The van der Waals surface area contributed by atoms with Crippen molar-refractivity contribution in [1.29, 1.82) is 0 Å². The van der Waals surface area contributed by atoms with Crippen LogP contribution in [0.4, 0.5) is 27.1 Å². The number of halogens is 2. The molecular weight excluding hydrogens is 1520 g/mol. The number of anilines is 4. The monoisotopic (exact) mass is 1630 g/mol. The zero-order valence-electron chi connectivity index (χ0n) is 71.8. The van der Waals surface area contributed by atoms with Gasteiger partial charge in [0.25, 0.3) is 0 Å². The van der Waals surface area contributed by atoms with Crippen molar-refractivity contribution in [3.05, 3.63) is 405 Å². The van der Waals surface area contributed by atoms with Crippen molar-refractivity contribution in [1.82, 2.24) is 18.3 Å². The van der Waals surface area contributed by atoms with E-state index in [1.165, 1.54) is 106 Å². The quantitative estimate of drug-likeness (QED) is 0.0369. The lowest BCUT2D eigenvalue weighted by Gasteiger charge is -2.06. The molecule has 0 aliphatic rings. The van der Waals surface area contributed by atoms with Gasteiger partial charge in [0.15, 0.2) is 0 Å². The first kappa shape index (κ1) is 87.3. The van der Waals surface area contributed by atoms with E-state index in [-0.39, 0.29) is 5.82 Å². The van der Waals surface area contributed by atoms with Crippen LogP contribution in [0.1, 0.15) is 126 Å². The maximum absolute atomic E-state index is 13.0. The minimum atomic E-state index is -0.233. The number of aryl methyl sites for hydroxylation is 13. The highest BCUT2D eigenvalue weighted by atomic mass is 35.5. The molecule has 16 rings (SSSR count). The summed E-state index contributed by atoms with van der Waals surface area (Å²) >= 11 is 5.94. The molecule has 8 nitrogen and oxygen atoms in total. The van der Waals surface area contributed by atoms with Crippen molar-refractivity contribution in [2.75, 3.05) is 47.4 Å². The van der Waals surface area contributed by atoms with Gasteiger partial charge in [0, 0.05) is 97.6 Å². The molecule has 0 saturated carbocycles. The van der Waals surface area contributed by atoms with Crippen LogP contribution in [0.15, 0.2) is 322 Å². The van der Waals surface area contributed by atoms with Crippen molar-refractivity contribution in [2.24, 2.45) is 0 Å². The van der Waals surface area contributed by atoms with Crippen LogP contribution in [-0.4, -0.2) is 44.4 Å². The number of hydrogen-bond acceptors (Lipinski definition) is 4. The fourth-order valence-corrected chi connectivity index (χ4v) is 16.2. The molecule has 0 aliphatic heterocycles. The number of aromatic nitrogens is 4. The molecule has 4 aromatic heterocycles. The highest BCUT2D eigenvalue weighted by Crippen LogP contribution is 2.31. The van der Waals surface area contributed by atoms with Crippen LogP contribution >= 0.6 is 11.6 Å². The Morgan fingerprint density at radius 2 is 0.512 bits per heavy atom. The minimum absolute atomic E-state index is 0.233. The summed E-state index contributed by atoms with van der Waals surface area (Å²) in [5.41, 5.74) is 26.0. The molecule has 0 spiro atoms. The van der Waals surface area contributed by atoms with Crippen molar-refractivity contribution >= 4 is 78.0 Å². The first-order chi connectivity index (χ1) is 60.6. The molecule has 123 heavy (non-hydrogen) atoms. The number of fused-ring (bicyclic) bond motifs is 4. The van der Waals surface area contributed by atoms with Gasteiger partial charge in [-0.05, 0) is 301 Å². The predicted molar refractivity (Wildman–Crippen MR) is 521 cm³/mol. The van der Waals surface area contributed by atoms with Gasteiger partial charge in [-0.15, -0.1) is 0 Å². The summed E-state index contributed by atoms with van der Waals surface area (Å²) in [7, 11) is 0. The van der Waals surface area contributed by atoms with Gasteiger partial charge in [0.1, 0.15) is 5.82 Å². The average molecular weight is 1640 g/mol. The van der Waals surface area contributed by atoms with Gasteiger partial charge < -0.3 is 39.5 Å². The number of hydrogen-bond donors (Lipinski definition) is 4. The van der Waals surface area contributed by atoms with Gasteiger partial charge in [-0.3, -0.25) is 0 Å². The molecular formula is C113H112ClFN8.